The molecule has 3 rings (SSSR count). The van der Waals surface area contributed by atoms with Crippen molar-refractivity contribution in [2.24, 2.45) is 0 Å². The van der Waals surface area contributed by atoms with Crippen LogP contribution in [0.3, 0.4) is 0 Å². The van der Waals surface area contributed by atoms with Crippen LogP contribution >= 0.6 is 51.5 Å². The number of nitrogens with one attached hydrogen (secondary N) is 1. The van der Waals surface area contributed by atoms with E-state index in [1.54, 1.807) is 4.90 Å². The standard InChI is InChI=1S/C18H14BrClN2OS2/c1-11-8-14(20)6-7-15(11)21-10-22-17(23)16(25-18(22)24)9-12-2-4-13(19)5-3-12/h2-9,21H,10H2,1H3. The van der Waals surface area contributed by atoms with E-state index < -0.39 is 0 Å². The molecule has 128 valence electrons. The molecule has 0 saturated carbocycles. The topological polar surface area (TPSA) is 32.3 Å². The Morgan fingerprint density at radius 2 is 2.00 bits per heavy atom. The van der Waals surface area contributed by atoms with Crippen molar-refractivity contribution >= 4 is 73.5 Å². The van der Waals surface area contributed by atoms with Crippen LogP contribution in [0, 0.1) is 6.92 Å². The highest BCUT2D eigenvalue weighted by atomic mass is 79.9. The van der Waals surface area contributed by atoms with Crippen LogP contribution in [0.15, 0.2) is 51.8 Å². The van der Waals surface area contributed by atoms with Crippen LogP contribution in [-0.2, 0) is 4.79 Å². The first-order chi connectivity index (χ1) is 11.9. The third kappa shape index (κ3) is 4.44. The molecule has 0 unspecified atom stereocenters. The van der Waals surface area contributed by atoms with E-state index in [0.29, 0.717) is 20.9 Å². The van der Waals surface area contributed by atoms with E-state index in [9.17, 15) is 4.79 Å². The van der Waals surface area contributed by atoms with Crippen LogP contribution in [0.25, 0.3) is 6.08 Å². The van der Waals surface area contributed by atoms with Crippen molar-refractivity contribution in [3.8, 4) is 0 Å². The lowest BCUT2D eigenvalue weighted by molar-refractivity contribution is -0.121. The van der Waals surface area contributed by atoms with Gasteiger partial charge in [0.15, 0.2) is 0 Å². The molecule has 0 aliphatic carbocycles. The van der Waals surface area contributed by atoms with Gasteiger partial charge in [0.25, 0.3) is 5.91 Å². The molecule has 1 N–H and O–H groups in total. The minimum Gasteiger partial charge on any atom is -0.367 e. The quantitative estimate of drug-likeness (QED) is 0.477. The summed E-state index contributed by atoms with van der Waals surface area (Å²) in [5.74, 6) is -0.0861. The number of hydrogen-bond acceptors (Lipinski definition) is 4. The van der Waals surface area contributed by atoms with Gasteiger partial charge in [-0.15, -0.1) is 0 Å². The molecule has 2 aromatic carbocycles. The van der Waals surface area contributed by atoms with Gasteiger partial charge in [0, 0.05) is 15.2 Å². The summed E-state index contributed by atoms with van der Waals surface area (Å²) in [7, 11) is 0. The third-order valence-electron chi connectivity index (χ3n) is 3.66. The number of nitrogens with zero attached hydrogens (tertiary/aromatic N) is 1. The van der Waals surface area contributed by atoms with Crippen molar-refractivity contribution in [2.45, 2.75) is 6.92 Å². The number of amides is 1. The molecule has 0 atom stereocenters. The maximum absolute atomic E-state index is 12.6. The summed E-state index contributed by atoms with van der Waals surface area (Å²) in [6.45, 7) is 2.29. The maximum Gasteiger partial charge on any atom is 0.267 e. The Balaban J connectivity index is 1.72. The van der Waals surface area contributed by atoms with Gasteiger partial charge in [-0.2, -0.15) is 0 Å². The second kappa shape index (κ2) is 7.91. The van der Waals surface area contributed by atoms with Crippen molar-refractivity contribution < 1.29 is 4.79 Å². The molecule has 0 aromatic heterocycles. The number of hydrogen-bond donors (Lipinski definition) is 1. The number of thiocarbonyl (C=S) groups is 1. The molecule has 1 amide bonds. The van der Waals surface area contributed by atoms with Gasteiger partial charge in [-0.05, 0) is 54.5 Å². The van der Waals surface area contributed by atoms with Crippen LogP contribution in [-0.4, -0.2) is 21.8 Å². The predicted molar refractivity (Wildman–Crippen MR) is 114 cm³/mol. The molecule has 1 aliphatic heterocycles. The predicted octanol–water partition coefficient (Wildman–Crippen LogP) is 5.68. The molecule has 0 bridgehead atoms. The number of benzene rings is 2. The molecule has 0 spiro atoms. The fourth-order valence-corrected chi connectivity index (χ4v) is 4.08. The monoisotopic (exact) mass is 452 g/mol. The molecular weight excluding hydrogens is 440 g/mol. The van der Waals surface area contributed by atoms with Crippen molar-refractivity contribution in [2.75, 3.05) is 12.0 Å². The van der Waals surface area contributed by atoms with E-state index in [2.05, 4.69) is 21.2 Å². The highest BCUT2D eigenvalue weighted by Gasteiger charge is 2.31. The Hall–Kier alpha value is -1.34. The van der Waals surface area contributed by atoms with Gasteiger partial charge in [-0.25, -0.2) is 0 Å². The lowest BCUT2D eigenvalue weighted by atomic mass is 10.2. The average Bonchev–Trinajstić information content (AvgIpc) is 2.83. The number of thioether (sulfide) groups is 1. The van der Waals surface area contributed by atoms with E-state index in [1.807, 2.05) is 55.5 Å². The number of halogens is 2. The SMILES string of the molecule is Cc1cc(Cl)ccc1NCN1C(=O)C(=Cc2ccc(Br)cc2)SC1=S. The Labute approximate surface area is 169 Å². The molecule has 1 saturated heterocycles. The summed E-state index contributed by atoms with van der Waals surface area (Å²) in [6.07, 6.45) is 1.86. The van der Waals surface area contributed by atoms with Crippen LogP contribution in [0.2, 0.25) is 5.02 Å². The molecule has 0 radical (unpaired) electrons. The minimum absolute atomic E-state index is 0.0861. The fourth-order valence-electron chi connectivity index (χ4n) is 2.34. The molecule has 1 fully saturated rings. The molecule has 7 heteroatoms. The summed E-state index contributed by atoms with van der Waals surface area (Å²) < 4.78 is 1.55. The van der Waals surface area contributed by atoms with Crippen LogP contribution in [0.1, 0.15) is 11.1 Å². The van der Waals surface area contributed by atoms with Gasteiger partial charge >= 0.3 is 0 Å². The minimum atomic E-state index is -0.0861. The van der Waals surface area contributed by atoms with Gasteiger partial charge in [0.1, 0.15) is 4.32 Å². The zero-order valence-electron chi connectivity index (χ0n) is 13.3. The van der Waals surface area contributed by atoms with Crippen molar-refractivity contribution in [3.63, 3.8) is 0 Å². The smallest absolute Gasteiger partial charge is 0.267 e. The summed E-state index contributed by atoms with van der Waals surface area (Å²) in [4.78, 5) is 14.8. The lowest BCUT2D eigenvalue weighted by Gasteiger charge is -2.17. The summed E-state index contributed by atoms with van der Waals surface area (Å²) in [5.41, 5.74) is 2.91. The number of carbonyl (C=O) groups excluding carboxylic acids is 1. The highest BCUT2D eigenvalue weighted by molar-refractivity contribution is 9.10. The van der Waals surface area contributed by atoms with E-state index >= 15 is 0 Å². The number of rotatable bonds is 4. The first kappa shape index (κ1) is 18.5. The molecule has 3 nitrogen and oxygen atoms in total. The van der Waals surface area contributed by atoms with Gasteiger partial charge < -0.3 is 5.32 Å². The zero-order valence-corrected chi connectivity index (χ0v) is 17.2. The largest absolute Gasteiger partial charge is 0.367 e. The van der Waals surface area contributed by atoms with Gasteiger partial charge in [0.2, 0.25) is 0 Å². The second-order valence-electron chi connectivity index (χ2n) is 5.46. The summed E-state index contributed by atoms with van der Waals surface area (Å²) in [5, 5.41) is 3.93. The Morgan fingerprint density at radius 3 is 2.68 bits per heavy atom. The van der Waals surface area contributed by atoms with Crippen LogP contribution < -0.4 is 5.32 Å². The van der Waals surface area contributed by atoms with Crippen LogP contribution in [0.4, 0.5) is 5.69 Å². The van der Waals surface area contributed by atoms with Crippen molar-refractivity contribution in [1.29, 1.82) is 0 Å². The van der Waals surface area contributed by atoms with E-state index in [1.165, 1.54) is 11.8 Å². The third-order valence-corrected chi connectivity index (χ3v) is 5.80. The first-order valence-corrected chi connectivity index (χ1v) is 9.84. The van der Waals surface area contributed by atoms with Crippen molar-refractivity contribution in [3.05, 3.63) is 68.0 Å². The van der Waals surface area contributed by atoms with Gasteiger partial charge in [0.05, 0.1) is 11.6 Å². The molecule has 1 aliphatic rings. The molecule has 25 heavy (non-hydrogen) atoms. The summed E-state index contributed by atoms with van der Waals surface area (Å²) in [6, 6.07) is 13.4. The van der Waals surface area contributed by atoms with Crippen LogP contribution in [0.5, 0.6) is 0 Å². The van der Waals surface area contributed by atoms with Gasteiger partial charge in [-0.1, -0.05) is 63.6 Å². The van der Waals surface area contributed by atoms with Gasteiger partial charge in [-0.3, -0.25) is 9.69 Å². The average molecular weight is 454 g/mol. The number of anilines is 1. The molecule has 2 aromatic rings. The first-order valence-electron chi connectivity index (χ1n) is 7.45. The molecular formula is C18H14BrClN2OS2. The Morgan fingerprint density at radius 1 is 1.28 bits per heavy atom. The molecule has 1 heterocycles. The normalized spacial score (nSPS) is 16.0. The van der Waals surface area contributed by atoms with E-state index in [0.717, 1.165) is 21.3 Å². The summed E-state index contributed by atoms with van der Waals surface area (Å²) >= 11 is 16.1. The number of carbonyl (C=O) groups is 1. The zero-order chi connectivity index (χ0) is 18.0. The van der Waals surface area contributed by atoms with Crippen molar-refractivity contribution in [1.82, 2.24) is 4.90 Å². The lowest BCUT2D eigenvalue weighted by Crippen LogP contribution is -2.33. The fraction of sp³-hybridized carbons (Fsp3) is 0.111. The number of aryl methyl sites for hydroxylation is 1. The Kier molecular flexibility index (Phi) is 5.84. The van der Waals surface area contributed by atoms with E-state index in [-0.39, 0.29) is 5.91 Å². The highest BCUT2D eigenvalue weighted by Crippen LogP contribution is 2.32. The maximum atomic E-state index is 12.6. The second-order valence-corrected chi connectivity index (χ2v) is 8.48. The Bertz CT molecular complexity index is 868. The van der Waals surface area contributed by atoms with E-state index in [4.69, 9.17) is 23.8 Å².